The van der Waals surface area contributed by atoms with Crippen LogP contribution in [0.3, 0.4) is 0 Å². The van der Waals surface area contributed by atoms with Gasteiger partial charge in [0.05, 0.1) is 18.2 Å². The predicted octanol–water partition coefficient (Wildman–Crippen LogP) is 2.65. The summed E-state index contributed by atoms with van der Waals surface area (Å²) in [6, 6.07) is 13.3. The van der Waals surface area contributed by atoms with Crippen molar-refractivity contribution < 1.29 is 29.9 Å². The number of hydrogen-bond acceptors (Lipinski definition) is 6. The Labute approximate surface area is 191 Å². The molecule has 8 heteroatoms. The molecule has 2 aromatic carbocycles. The molecule has 1 saturated heterocycles. The molecule has 3 aromatic rings. The van der Waals surface area contributed by atoms with E-state index in [1.54, 1.807) is 16.7 Å². The molecule has 0 spiro atoms. The lowest BCUT2D eigenvalue weighted by Crippen LogP contribution is -2.56. The molecule has 1 aliphatic heterocycles. The molecule has 4 rings (SSSR count). The molecule has 1 aliphatic rings. The Morgan fingerprint density at radius 2 is 1.75 bits per heavy atom. The molecular formula is C24H28ClNO6. The van der Waals surface area contributed by atoms with E-state index in [4.69, 9.17) is 21.1 Å². The SMILES string of the molecule is CC(C)Oc1ccc(Cc2cn([C@@H]3O[C@H](CO)[C@@H](O)[C@H](O)[C@H]3O)c3cc(Cl)ccc23)cc1. The minimum atomic E-state index is -1.46. The predicted molar refractivity (Wildman–Crippen MR) is 121 cm³/mol. The fourth-order valence-corrected chi connectivity index (χ4v) is 4.30. The van der Waals surface area contributed by atoms with Gasteiger partial charge in [0.25, 0.3) is 0 Å². The van der Waals surface area contributed by atoms with Crippen LogP contribution in [0.15, 0.2) is 48.7 Å². The van der Waals surface area contributed by atoms with Crippen LogP contribution in [0.2, 0.25) is 5.02 Å². The Morgan fingerprint density at radius 3 is 2.41 bits per heavy atom. The summed E-state index contributed by atoms with van der Waals surface area (Å²) in [4.78, 5) is 0. The summed E-state index contributed by atoms with van der Waals surface area (Å²) >= 11 is 6.24. The Hall–Kier alpha value is -2.13. The third kappa shape index (κ3) is 4.50. The maximum Gasteiger partial charge on any atom is 0.163 e. The van der Waals surface area contributed by atoms with Gasteiger partial charge in [0.2, 0.25) is 0 Å². The number of aliphatic hydroxyl groups excluding tert-OH is 4. The first-order valence-electron chi connectivity index (χ1n) is 10.6. The van der Waals surface area contributed by atoms with Gasteiger partial charge in [0.15, 0.2) is 6.23 Å². The highest BCUT2D eigenvalue weighted by molar-refractivity contribution is 6.31. The molecule has 4 N–H and O–H groups in total. The lowest BCUT2D eigenvalue weighted by molar-refractivity contribution is -0.250. The Kier molecular flexibility index (Phi) is 6.76. The fraction of sp³-hybridized carbons (Fsp3) is 0.417. The minimum Gasteiger partial charge on any atom is -0.491 e. The molecular weight excluding hydrogens is 434 g/mol. The summed E-state index contributed by atoms with van der Waals surface area (Å²) in [5, 5.41) is 42.0. The van der Waals surface area contributed by atoms with Gasteiger partial charge >= 0.3 is 0 Å². The van der Waals surface area contributed by atoms with Crippen molar-refractivity contribution in [3.05, 3.63) is 64.8 Å². The highest BCUT2D eigenvalue weighted by Crippen LogP contribution is 2.35. The highest BCUT2D eigenvalue weighted by atomic mass is 35.5. The lowest BCUT2D eigenvalue weighted by atomic mass is 9.98. The van der Waals surface area contributed by atoms with E-state index in [9.17, 15) is 20.4 Å². The molecule has 1 fully saturated rings. The second-order valence-electron chi connectivity index (χ2n) is 8.43. The Bertz CT molecular complexity index is 1060. The number of nitrogens with zero attached hydrogens (tertiary/aromatic N) is 1. The summed E-state index contributed by atoms with van der Waals surface area (Å²) in [6.45, 7) is 3.47. The molecule has 2 heterocycles. The molecule has 7 nitrogen and oxygen atoms in total. The fourth-order valence-electron chi connectivity index (χ4n) is 4.14. The van der Waals surface area contributed by atoms with Gasteiger partial charge in [-0.2, -0.15) is 0 Å². The van der Waals surface area contributed by atoms with Crippen LogP contribution in [-0.4, -0.2) is 62.1 Å². The largest absolute Gasteiger partial charge is 0.491 e. The average Bonchev–Trinajstić information content (AvgIpc) is 3.10. The lowest BCUT2D eigenvalue weighted by Gasteiger charge is -2.40. The van der Waals surface area contributed by atoms with Gasteiger partial charge in [-0.15, -0.1) is 0 Å². The van der Waals surface area contributed by atoms with E-state index in [-0.39, 0.29) is 6.10 Å². The number of ether oxygens (including phenoxy) is 2. The molecule has 0 unspecified atom stereocenters. The van der Waals surface area contributed by atoms with Crippen LogP contribution in [0.5, 0.6) is 5.75 Å². The number of benzene rings is 2. The monoisotopic (exact) mass is 461 g/mol. The van der Waals surface area contributed by atoms with Crippen molar-refractivity contribution in [1.29, 1.82) is 0 Å². The van der Waals surface area contributed by atoms with Crippen molar-refractivity contribution in [3.63, 3.8) is 0 Å². The summed E-state index contributed by atoms with van der Waals surface area (Å²) in [7, 11) is 0. The van der Waals surface area contributed by atoms with Crippen molar-refractivity contribution in [2.75, 3.05) is 6.61 Å². The summed E-state index contributed by atoms with van der Waals surface area (Å²) in [6.07, 6.45) is -3.68. The van der Waals surface area contributed by atoms with Gasteiger partial charge in [0.1, 0.15) is 30.2 Å². The Morgan fingerprint density at radius 1 is 1.03 bits per heavy atom. The first-order chi connectivity index (χ1) is 15.3. The van der Waals surface area contributed by atoms with Gasteiger partial charge in [-0.25, -0.2) is 0 Å². The van der Waals surface area contributed by atoms with Crippen molar-refractivity contribution in [2.24, 2.45) is 0 Å². The van der Waals surface area contributed by atoms with Crippen molar-refractivity contribution in [2.45, 2.75) is 57.0 Å². The van der Waals surface area contributed by atoms with Crippen LogP contribution in [-0.2, 0) is 11.2 Å². The number of hydrogen-bond donors (Lipinski definition) is 4. The maximum atomic E-state index is 10.6. The quantitative estimate of drug-likeness (QED) is 0.450. The maximum absolute atomic E-state index is 10.6. The van der Waals surface area contributed by atoms with Gasteiger partial charge in [-0.1, -0.05) is 29.8 Å². The normalized spacial score (nSPS) is 26.1. The molecule has 32 heavy (non-hydrogen) atoms. The molecule has 0 radical (unpaired) electrons. The molecule has 0 bridgehead atoms. The van der Waals surface area contributed by atoms with Crippen LogP contribution in [0.25, 0.3) is 10.9 Å². The zero-order valence-corrected chi connectivity index (χ0v) is 18.7. The van der Waals surface area contributed by atoms with Crippen molar-refractivity contribution >= 4 is 22.5 Å². The molecule has 0 amide bonds. The number of rotatable bonds is 6. The Balaban J connectivity index is 1.70. The van der Waals surface area contributed by atoms with E-state index in [0.717, 1.165) is 27.8 Å². The van der Waals surface area contributed by atoms with Crippen LogP contribution < -0.4 is 4.74 Å². The first-order valence-corrected chi connectivity index (χ1v) is 11.0. The second kappa shape index (κ2) is 9.39. The highest BCUT2D eigenvalue weighted by Gasteiger charge is 2.44. The second-order valence-corrected chi connectivity index (χ2v) is 8.87. The first kappa shape index (κ1) is 23.0. The summed E-state index contributed by atoms with van der Waals surface area (Å²) < 4.78 is 13.2. The van der Waals surface area contributed by atoms with Gasteiger partial charge in [-0.05, 0) is 55.7 Å². The van der Waals surface area contributed by atoms with E-state index in [0.29, 0.717) is 11.4 Å². The molecule has 0 saturated carbocycles. The van der Waals surface area contributed by atoms with E-state index >= 15 is 0 Å². The minimum absolute atomic E-state index is 0.0992. The van der Waals surface area contributed by atoms with Gasteiger partial charge < -0.3 is 34.5 Å². The van der Waals surface area contributed by atoms with E-state index in [1.807, 2.05) is 50.4 Å². The molecule has 1 aromatic heterocycles. The van der Waals surface area contributed by atoms with Gasteiger partial charge in [-0.3, -0.25) is 0 Å². The number of halogens is 1. The van der Waals surface area contributed by atoms with E-state index in [1.165, 1.54) is 0 Å². The van der Waals surface area contributed by atoms with Crippen molar-refractivity contribution in [3.8, 4) is 5.75 Å². The zero-order valence-electron chi connectivity index (χ0n) is 17.9. The van der Waals surface area contributed by atoms with Crippen LogP contribution in [0.4, 0.5) is 0 Å². The average molecular weight is 462 g/mol. The van der Waals surface area contributed by atoms with Gasteiger partial charge in [0, 0.05) is 16.6 Å². The number of fused-ring (bicyclic) bond motifs is 1. The molecule has 172 valence electrons. The van der Waals surface area contributed by atoms with E-state index in [2.05, 4.69) is 0 Å². The number of aromatic nitrogens is 1. The van der Waals surface area contributed by atoms with Crippen molar-refractivity contribution in [1.82, 2.24) is 4.57 Å². The summed E-state index contributed by atoms with van der Waals surface area (Å²) in [5.41, 5.74) is 2.77. The standard InChI is InChI=1S/C24H28ClNO6/c1-13(2)31-17-6-3-14(4-7-17)9-15-11-26(19-10-16(25)5-8-18(15)19)24-23(30)22(29)21(28)20(12-27)32-24/h3-8,10-11,13,20-24,27-30H,9,12H2,1-2H3/t20-,21-,22+,23-,24-/m1/s1. The number of aliphatic hydroxyl groups is 4. The van der Waals surface area contributed by atoms with Crippen LogP contribution in [0.1, 0.15) is 31.2 Å². The molecule has 5 atom stereocenters. The smallest absolute Gasteiger partial charge is 0.163 e. The van der Waals surface area contributed by atoms with Crippen LogP contribution >= 0.6 is 11.6 Å². The molecule has 0 aliphatic carbocycles. The summed E-state index contributed by atoms with van der Waals surface area (Å²) in [5.74, 6) is 0.805. The third-order valence-corrected chi connectivity index (χ3v) is 5.94. The van der Waals surface area contributed by atoms with Crippen LogP contribution in [0, 0.1) is 0 Å². The topological polar surface area (TPSA) is 104 Å². The zero-order chi connectivity index (χ0) is 23.0. The third-order valence-electron chi connectivity index (χ3n) is 5.71. The van der Waals surface area contributed by atoms with E-state index < -0.39 is 37.3 Å².